The number of carbonyl (C=O) groups excluding carboxylic acids is 1. The molecule has 2 N–H and O–H groups in total. The molecule has 0 radical (unpaired) electrons. The number of halogens is 1. The van der Waals surface area contributed by atoms with Crippen molar-refractivity contribution < 1.29 is 9.53 Å². The molecule has 0 spiro atoms. The monoisotopic (exact) mass is 312 g/mol. The molecule has 0 saturated carbocycles. The predicted octanol–water partition coefficient (Wildman–Crippen LogP) is 1.23. The number of hydrogen-bond acceptors (Lipinski definition) is 5. The van der Waals surface area contributed by atoms with E-state index in [0.717, 1.165) is 39.4 Å². The number of anilines is 1. The molecule has 1 fully saturated rings. The van der Waals surface area contributed by atoms with E-state index in [0.29, 0.717) is 22.9 Å². The van der Waals surface area contributed by atoms with E-state index in [1.165, 1.54) is 6.20 Å². The standard InChI is InChI=1S/C14H21ClN4O2/c1-2-16-13-12(15)9-11(10-18-13)14(20)17-3-4-19-5-7-21-8-6-19/h9-10H,2-8H2,1H3,(H,16,18)(H,17,20). The Hall–Kier alpha value is -1.37. The number of hydrogen-bond donors (Lipinski definition) is 2. The van der Waals surface area contributed by atoms with Crippen LogP contribution < -0.4 is 10.6 Å². The fourth-order valence-electron chi connectivity index (χ4n) is 2.11. The molecule has 7 heteroatoms. The number of amides is 1. The second-order valence-electron chi connectivity index (χ2n) is 4.79. The number of morpholine rings is 1. The van der Waals surface area contributed by atoms with Gasteiger partial charge in [-0.3, -0.25) is 9.69 Å². The molecule has 1 aromatic heterocycles. The Kier molecular flexibility index (Phi) is 6.22. The molecule has 0 unspecified atom stereocenters. The van der Waals surface area contributed by atoms with E-state index in [9.17, 15) is 4.79 Å². The molecular formula is C14H21ClN4O2. The quantitative estimate of drug-likeness (QED) is 0.827. The van der Waals surface area contributed by atoms with Crippen LogP contribution in [0.25, 0.3) is 0 Å². The lowest BCUT2D eigenvalue weighted by Crippen LogP contribution is -2.41. The third-order valence-corrected chi connectivity index (χ3v) is 3.55. The van der Waals surface area contributed by atoms with E-state index in [1.54, 1.807) is 6.07 Å². The van der Waals surface area contributed by atoms with Crippen molar-refractivity contribution in [1.82, 2.24) is 15.2 Å². The fourth-order valence-corrected chi connectivity index (χ4v) is 2.35. The molecule has 2 rings (SSSR count). The molecule has 1 aliphatic heterocycles. The van der Waals surface area contributed by atoms with Crippen LogP contribution in [0.1, 0.15) is 17.3 Å². The minimum atomic E-state index is -0.152. The summed E-state index contributed by atoms with van der Waals surface area (Å²) in [6.07, 6.45) is 1.54. The SMILES string of the molecule is CCNc1ncc(C(=O)NCCN2CCOCC2)cc1Cl. The Bertz CT molecular complexity index is 478. The predicted molar refractivity (Wildman–Crippen MR) is 83.0 cm³/mol. The van der Waals surface area contributed by atoms with Gasteiger partial charge in [-0.1, -0.05) is 11.6 Å². The molecule has 6 nitrogen and oxygen atoms in total. The van der Waals surface area contributed by atoms with Crippen molar-refractivity contribution >= 4 is 23.3 Å². The minimum absolute atomic E-state index is 0.152. The molecule has 0 atom stereocenters. The third kappa shape index (κ3) is 4.84. The largest absolute Gasteiger partial charge is 0.379 e. The maximum Gasteiger partial charge on any atom is 0.252 e. The summed E-state index contributed by atoms with van der Waals surface area (Å²) in [5.74, 6) is 0.449. The van der Waals surface area contributed by atoms with Gasteiger partial charge < -0.3 is 15.4 Å². The Labute approximate surface area is 129 Å². The van der Waals surface area contributed by atoms with Gasteiger partial charge in [-0.2, -0.15) is 0 Å². The topological polar surface area (TPSA) is 66.5 Å². The van der Waals surface area contributed by atoms with E-state index in [2.05, 4.69) is 20.5 Å². The van der Waals surface area contributed by atoms with Crippen LogP contribution >= 0.6 is 11.6 Å². The molecule has 2 heterocycles. The highest BCUT2D eigenvalue weighted by Crippen LogP contribution is 2.19. The number of pyridine rings is 1. The van der Waals surface area contributed by atoms with Gasteiger partial charge in [0, 0.05) is 38.9 Å². The maximum absolute atomic E-state index is 12.0. The summed E-state index contributed by atoms with van der Waals surface area (Å²) in [6, 6.07) is 1.64. The highest BCUT2D eigenvalue weighted by molar-refractivity contribution is 6.33. The van der Waals surface area contributed by atoms with Gasteiger partial charge in [0.15, 0.2) is 0 Å². The summed E-state index contributed by atoms with van der Waals surface area (Å²) in [5, 5.41) is 6.38. The van der Waals surface area contributed by atoms with Gasteiger partial charge in [0.05, 0.1) is 23.8 Å². The Morgan fingerprint density at radius 2 is 2.24 bits per heavy atom. The molecule has 21 heavy (non-hydrogen) atoms. The molecule has 1 aromatic rings. The zero-order valence-electron chi connectivity index (χ0n) is 12.2. The summed E-state index contributed by atoms with van der Waals surface area (Å²) in [7, 11) is 0. The van der Waals surface area contributed by atoms with E-state index in [1.807, 2.05) is 6.92 Å². The molecule has 1 amide bonds. The van der Waals surface area contributed by atoms with E-state index < -0.39 is 0 Å². The Morgan fingerprint density at radius 1 is 1.48 bits per heavy atom. The Balaban J connectivity index is 1.81. The van der Waals surface area contributed by atoms with Crippen LogP contribution in [0.4, 0.5) is 5.82 Å². The van der Waals surface area contributed by atoms with Crippen LogP contribution in [0.5, 0.6) is 0 Å². The van der Waals surface area contributed by atoms with E-state index in [-0.39, 0.29) is 5.91 Å². The highest BCUT2D eigenvalue weighted by Gasteiger charge is 2.12. The summed E-state index contributed by atoms with van der Waals surface area (Å²) in [6.45, 7) is 7.49. The van der Waals surface area contributed by atoms with Crippen molar-refractivity contribution in [2.45, 2.75) is 6.92 Å². The van der Waals surface area contributed by atoms with Crippen LogP contribution in [0.15, 0.2) is 12.3 Å². The molecule has 0 bridgehead atoms. The van der Waals surface area contributed by atoms with Crippen molar-refractivity contribution in [1.29, 1.82) is 0 Å². The van der Waals surface area contributed by atoms with Gasteiger partial charge in [0.25, 0.3) is 5.91 Å². The molecule has 0 aliphatic carbocycles. The van der Waals surface area contributed by atoms with Gasteiger partial charge >= 0.3 is 0 Å². The van der Waals surface area contributed by atoms with Gasteiger partial charge in [-0.15, -0.1) is 0 Å². The number of carbonyl (C=O) groups is 1. The molecule has 1 saturated heterocycles. The second-order valence-corrected chi connectivity index (χ2v) is 5.20. The summed E-state index contributed by atoms with van der Waals surface area (Å²) < 4.78 is 5.28. The molecule has 1 aliphatic rings. The first-order valence-corrected chi connectivity index (χ1v) is 7.56. The van der Waals surface area contributed by atoms with Crippen LogP contribution in [0.3, 0.4) is 0 Å². The van der Waals surface area contributed by atoms with Gasteiger partial charge in [-0.05, 0) is 13.0 Å². The minimum Gasteiger partial charge on any atom is -0.379 e. The molecular weight excluding hydrogens is 292 g/mol. The maximum atomic E-state index is 12.0. The lowest BCUT2D eigenvalue weighted by Gasteiger charge is -2.26. The lowest BCUT2D eigenvalue weighted by molar-refractivity contribution is 0.0383. The Morgan fingerprint density at radius 3 is 2.90 bits per heavy atom. The normalized spacial score (nSPS) is 15.7. The van der Waals surface area contributed by atoms with Gasteiger partial charge in [0.2, 0.25) is 0 Å². The smallest absolute Gasteiger partial charge is 0.252 e. The van der Waals surface area contributed by atoms with Crippen molar-refractivity contribution in [3.63, 3.8) is 0 Å². The van der Waals surface area contributed by atoms with Crippen LogP contribution in [0.2, 0.25) is 5.02 Å². The van der Waals surface area contributed by atoms with Crippen molar-refractivity contribution in [2.24, 2.45) is 0 Å². The third-order valence-electron chi connectivity index (χ3n) is 3.26. The van der Waals surface area contributed by atoms with E-state index >= 15 is 0 Å². The van der Waals surface area contributed by atoms with E-state index in [4.69, 9.17) is 16.3 Å². The van der Waals surface area contributed by atoms with Crippen molar-refractivity contribution in [3.8, 4) is 0 Å². The molecule has 116 valence electrons. The first kappa shape index (κ1) is 16.0. The average Bonchev–Trinajstić information content (AvgIpc) is 2.50. The number of aromatic nitrogens is 1. The van der Waals surface area contributed by atoms with Crippen molar-refractivity contribution in [2.75, 3.05) is 51.3 Å². The van der Waals surface area contributed by atoms with Crippen molar-refractivity contribution in [3.05, 3.63) is 22.8 Å². The number of nitrogens with one attached hydrogen (secondary N) is 2. The highest BCUT2D eigenvalue weighted by atomic mass is 35.5. The molecule has 0 aromatic carbocycles. The lowest BCUT2D eigenvalue weighted by atomic mass is 10.2. The van der Waals surface area contributed by atoms with Gasteiger partial charge in [0.1, 0.15) is 5.82 Å². The zero-order valence-corrected chi connectivity index (χ0v) is 12.9. The first-order valence-electron chi connectivity index (χ1n) is 7.18. The second kappa shape index (κ2) is 8.17. The number of nitrogens with zero attached hydrogens (tertiary/aromatic N) is 2. The van der Waals surface area contributed by atoms with Crippen LogP contribution in [0, 0.1) is 0 Å². The number of ether oxygens (including phenoxy) is 1. The first-order chi connectivity index (χ1) is 10.2. The summed E-state index contributed by atoms with van der Waals surface area (Å²) in [5.41, 5.74) is 0.476. The fraction of sp³-hybridized carbons (Fsp3) is 0.571. The number of rotatable bonds is 6. The zero-order chi connectivity index (χ0) is 15.1. The summed E-state index contributed by atoms with van der Waals surface area (Å²) >= 11 is 6.08. The van der Waals surface area contributed by atoms with Crippen LogP contribution in [-0.2, 0) is 4.74 Å². The van der Waals surface area contributed by atoms with Gasteiger partial charge in [-0.25, -0.2) is 4.98 Å². The summed E-state index contributed by atoms with van der Waals surface area (Å²) in [4.78, 5) is 18.5. The van der Waals surface area contributed by atoms with Crippen LogP contribution in [-0.4, -0.2) is 61.7 Å². The average molecular weight is 313 g/mol.